The molecule has 24 heavy (non-hydrogen) atoms. The maximum Gasteiger partial charge on any atom is 0.433 e. The van der Waals surface area contributed by atoms with E-state index in [0.29, 0.717) is 13.1 Å². The van der Waals surface area contributed by atoms with Gasteiger partial charge in [-0.1, -0.05) is 6.07 Å². The maximum absolute atomic E-state index is 13.2. The summed E-state index contributed by atoms with van der Waals surface area (Å²) in [6.45, 7) is 2.32. The van der Waals surface area contributed by atoms with Crippen LogP contribution in [0.4, 0.5) is 13.2 Å². The monoisotopic (exact) mass is 361 g/mol. The number of hydrogen-bond acceptors (Lipinski definition) is 4. The Kier molecular flexibility index (Phi) is 5.84. The van der Waals surface area contributed by atoms with Gasteiger partial charge in [-0.15, -0.1) is 12.4 Å². The van der Waals surface area contributed by atoms with Gasteiger partial charge < -0.3 is 5.32 Å². The number of aromatic nitrogens is 3. The molecule has 132 valence electrons. The molecule has 1 atom stereocenters. The lowest BCUT2D eigenvalue weighted by molar-refractivity contribution is -0.144. The van der Waals surface area contributed by atoms with E-state index in [9.17, 15) is 13.2 Å². The first-order valence-corrected chi connectivity index (χ1v) is 7.39. The normalized spacial score (nSPS) is 19.1. The molecule has 0 aliphatic carbocycles. The molecule has 1 saturated heterocycles. The van der Waals surface area contributed by atoms with Gasteiger partial charge in [0, 0.05) is 57.2 Å². The van der Waals surface area contributed by atoms with Crippen molar-refractivity contribution < 1.29 is 13.2 Å². The van der Waals surface area contributed by atoms with Crippen molar-refractivity contribution >= 4 is 12.4 Å². The molecule has 5 nitrogen and oxygen atoms in total. The molecule has 2 aromatic heterocycles. The Morgan fingerprint density at radius 1 is 1.33 bits per heavy atom. The Bertz CT molecular complexity index is 659. The van der Waals surface area contributed by atoms with Crippen LogP contribution in [0, 0.1) is 0 Å². The molecule has 1 aliphatic rings. The summed E-state index contributed by atoms with van der Waals surface area (Å²) in [5, 5.41) is 7.07. The summed E-state index contributed by atoms with van der Waals surface area (Å²) in [4.78, 5) is 6.15. The minimum absolute atomic E-state index is 0. The van der Waals surface area contributed by atoms with Crippen molar-refractivity contribution in [1.82, 2.24) is 25.0 Å². The molecule has 0 saturated carbocycles. The predicted molar refractivity (Wildman–Crippen MR) is 85.7 cm³/mol. The second kappa shape index (κ2) is 7.50. The zero-order valence-electron chi connectivity index (χ0n) is 13.1. The fourth-order valence-corrected chi connectivity index (χ4v) is 3.02. The number of hydrogen-bond donors (Lipinski definition) is 1. The molecule has 0 amide bonds. The second-order valence-electron chi connectivity index (χ2n) is 5.62. The van der Waals surface area contributed by atoms with Gasteiger partial charge in [0.25, 0.3) is 0 Å². The summed E-state index contributed by atoms with van der Waals surface area (Å²) < 4.78 is 40.5. The lowest BCUT2D eigenvalue weighted by Crippen LogP contribution is -2.45. The minimum atomic E-state index is -4.40. The first kappa shape index (κ1) is 18.7. The largest absolute Gasteiger partial charge is 0.433 e. The van der Waals surface area contributed by atoms with Crippen LogP contribution in [0.25, 0.3) is 0 Å². The van der Waals surface area contributed by atoms with Gasteiger partial charge in [0.1, 0.15) is 5.69 Å². The van der Waals surface area contributed by atoms with Crippen molar-refractivity contribution in [2.24, 2.45) is 7.05 Å². The van der Waals surface area contributed by atoms with E-state index in [1.54, 1.807) is 12.4 Å². The Balaban J connectivity index is 0.00000208. The van der Waals surface area contributed by atoms with Gasteiger partial charge >= 0.3 is 6.18 Å². The summed E-state index contributed by atoms with van der Waals surface area (Å²) >= 11 is 0. The van der Waals surface area contributed by atoms with Crippen LogP contribution in [0.3, 0.4) is 0 Å². The highest BCUT2D eigenvalue weighted by molar-refractivity contribution is 5.85. The summed E-state index contributed by atoms with van der Waals surface area (Å²) in [6, 6.07) is 3.79. The van der Waals surface area contributed by atoms with E-state index in [4.69, 9.17) is 0 Å². The SMILES string of the molecule is Cl.Cn1ncc(CN2CCNCC2c2cccnc2)c1C(F)(F)F. The molecule has 0 bridgehead atoms. The number of piperazine rings is 1. The molecule has 1 fully saturated rings. The van der Waals surface area contributed by atoms with Crippen molar-refractivity contribution in [2.75, 3.05) is 19.6 Å². The van der Waals surface area contributed by atoms with Gasteiger partial charge in [-0.25, -0.2) is 0 Å². The molecule has 0 aromatic carbocycles. The highest BCUT2D eigenvalue weighted by Gasteiger charge is 2.38. The first-order chi connectivity index (χ1) is 11.0. The van der Waals surface area contributed by atoms with E-state index in [-0.39, 0.29) is 30.6 Å². The van der Waals surface area contributed by atoms with Gasteiger partial charge in [0.15, 0.2) is 0 Å². The molecule has 3 heterocycles. The quantitative estimate of drug-likeness (QED) is 0.912. The third-order valence-electron chi connectivity index (χ3n) is 4.08. The summed E-state index contributed by atoms with van der Waals surface area (Å²) in [7, 11) is 1.32. The molecule has 0 radical (unpaired) electrons. The first-order valence-electron chi connectivity index (χ1n) is 7.39. The van der Waals surface area contributed by atoms with Gasteiger partial charge in [-0.2, -0.15) is 18.3 Å². The van der Waals surface area contributed by atoms with Gasteiger partial charge in [-0.05, 0) is 11.6 Å². The van der Waals surface area contributed by atoms with Crippen molar-refractivity contribution in [3.63, 3.8) is 0 Å². The van der Waals surface area contributed by atoms with Crippen LogP contribution in [-0.4, -0.2) is 39.3 Å². The van der Waals surface area contributed by atoms with E-state index >= 15 is 0 Å². The Hall–Kier alpha value is -1.64. The van der Waals surface area contributed by atoms with Crippen LogP contribution < -0.4 is 5.32 Å². The van der Waals surface area contributed by atoms with E-state index < -0.39 is 11.9 Å². The Morgan fingerprint density at radius 3 is 2.79 bits per heavy atom. The van der Waals surface area contributed by atoms with Gasteiger partial charge in [-0.3, -0.25) is 14.6 Å². The highest BCUT2D eigenvalue weighted by Crippen LogP contribution is 2.33. The van der Waals surface area contributed by atoms with Crippen LogP contribution in [0.1, 0.15) is 22.9 Å². The van der Waals surface area contributed by atoms with Crippen LogP contribution in [0.2, 0.25) is 0 Å². The molecule has 1 unspecified atom stereocenters. The summed E-state index contributed by atoms with van der Waals surface area (Å²) in [6.07, 6.45) is 0.356. The van der Waals surface area contributed by atoms with Gasteiger partial charge in [0.05, 0.1) is 6.20 Å². The molecule has 3 rings (SSSR count). The van der Waals surface area contributed by atoms with Crippen molar-refractivity contribution in [3.05, 3.63) is 47.5 Å². The van der Waals surface area contributed by atoms with Crippen LogP contribution in [0.5, 0.6) is 0 Å². The molecule has 2 aromatic rings. The number of nitrogens with one attached hydrogen (secondary N) is 1. The molecule has 1 aliphatic heterocycles. The molecule has 1 N–H and O–H groups in total. The van der Waals surface area contributed by atoms with Crippen LogP contribution in [0.15, 0.2) is 30.7 Å². The Morgan fingerprint density at radius 2 is 2.12 bits per heavy atom. The minimum Gasteiger partial charge on any atom is -0.314 e. The molecule has 9 heteroatoms. The number of alkyl halides is 3. The number of halogens is 4. The third kappa shape index (κ3) is 3.88. The topological polar surface area (TPSA) is 46.0 Å². The lowest BCUT2D eigenvalue weighted by Gasteiger charge is -2.36. The molecular formula is C15H19ClF3N5. The van der Waals surface area contributed by atoms with Crippen LogP contribution in [-0.2, 0) is 19.8 Å². The number of aryl methyl sites for hydroxylation is 1. The number of pyridine rings is 1. The van der Waals surface area contributed by atoms with Crippen molar-refractivity contribution in [1.29, 1.82) is 0 Å². The molecular weight excluding hydrogens is 343 g/mol. The van der Waals surface area contributed by atoms with E-state index in [2.05, 4.69) is 15.4 Å². The fraction of sp³-hybridized carbons (Fsp3) is 0.467. The van der Waals surface area contributed by atoms with Crippen LogP contribution >= 0.6 is 12.4 Å². The van der Waals surface area contributed by atoms with Gasteiger partial charge in [0.2, 0.25) is 0 Å². The fourth-order valence-electron chi connectivity index (χ4n) is 3.02. The molecule has 0 spiro atoms. The average Bonchev–Trinajstić information content (AvgIpc) is 2.89. The van der Waals surface area contributed by atoms with Crippen molar-refractivity contribution in [2.45, 2.75) is 18.8 Å². The van der Waals surface area contributed by atoms with E-state index in [0.717, 1.165) is 16.8 Å². The zero-order chi connectivity index (χ0) is 16.4. The Labute approximate surface area is 144 Å². The zero-order valence-corrected chi connectivity index (χ0v) is 13.9. The summed E-state index contributed by atoms with van der Waals surface area (Å²) in [5.41, 5.74) is 0.522. The summed E-state index contributed by atoms with van der Waals surface area (Å²) in [5.74, 6) is 0. The smallest absolute Gasteiger partial charge is 0.314 e. The highest BCUT2D eigenvalue weighted by atomic mass is 35.5. The average molecular weight is 362 g/mol. The predicted octanol–water partition coefficient (Wildman–Crippen LogP) is 2.40. The second-order valence-corrected chi connectivity index (χ2v) is 5.62. The third-order valence-corrected chi connectivity index (χ3v) is 4.08. The standard InChI is InChI=1S/C15H18F3N5.ClH/c1-22-14(15(16,17)18)12(8-21-22)10-23-6-5-20-9-13(23)11-3-2-4-19-7-11;/h2-4,7-8,13,20H,5-6,9-10H2,1H3;1H. The maximum atomic E-state index is 13.2. The van der Waals surface area contributed by atoms with Crippen molar-refractivity contribution in [3.8, 4) is 0 Å². The van der Waals surface area contributed by atoms with E-state index in [1.165, 1.54) is 13.2 Å². The number of rotatable bonds is 3. The van der Waals surface area contributed by atoms with E-state index in [1.807, 2.05) is 17.0 Å². The number of nitrogens with zero attached hydrogens (tertiary/aromatic N) is 4. The lowest BCUT2D eigenvalue weighted by atomic mass is 10.0.